The van der Waals surface area contributed by atoms with E-state index in [9.17, 15) is 0 Å². The molecule has 0 unspecified atom stereocenters. The van der Waals surface area contributed by atoms with E-state index in [1.54, 1.807) is 0 Å². The van der Waals surface area contributed by atoms with E-state index in [1.807, 2.05) is 73.7 Å². The van der Waals surface area contributed by atoms with Crippen LogP contribution in [0.1, 0.15) is 23.6 Å². The Morgan fingerprint density at radius 2 is 1.54 bits per heavy atom. The van der Waals surface area contributed by atoms with Crippen LogP contribution in [0, 0.1) is 0 Å². The second-order valence-corrected chi connectivity index (χ2v) is 7.12. The molecule has 3 rings (SSSR count). The van der Waals surface area contributed by atoms with Gasteiger partial charge in [-0.05, 0) is 41.8 Å². The highest BCUT2D eigenvalue weighted by atomic mass is 35.5. The third-order valence-electron chi connectivity index (χ3n) is 4.20. The molecule has 5 heteroatoms. The molecule has 0 fully saturated rings. The summed E-state index contributed by atoms with van der Waals surface area (Å²) in [6.45, 7) is 4.23. The molecule has 0 saturated heterocycles. The Bertz CT molecular complexity index is 900. The standard InChI is InChI=1S/C23H23Cl2NO2/c1-2-27-22-13-18(14-26-15-19-10-6-7-11-20(19)24)12-21(25)23(22)28-16-17-8-4-3-5-9-17/h3-13,26H,2,14-16H2,1H3. The maximum absolute atomic E-state index is 6.50. The summed E-state index contributed by atoms with van der Waals surface area (Å²) >= 11 is 12.7. The molecule has 0 aliphatic heterocycles. The van der Waals surface area contributed by atoms with Crippen molar-refractivity contribution in [3.63, 3.8) is 0 Å². The Morgan fingerprint density at radius 1 is 0.786 bits per heavy atom. The second-order valence-electron chi connectivity index (χ2n) is 6.31. The molecular formula is C23H23Cl2NO2. The summed E-state index contributed by atoms with van der Waals surface area (Å²) in [4.78, 5) is 0. The molecule has 0 aliphatic rings. The lowest BCUT2D eigenvalue weighted by molar-refractivity contribution is 0.269. The van der Waals surface area contributed by atoms with Gasteiger partial charge < -0.3 is 14.8 Å². The molecule has 0 aromatic heterocycles. The van der Waals surface area contributed by atoms with Gasteiger partial charge in [0.2, 0.25) is 0 Å². The first kappa shape index (κ1) is 20.5. The summed E-state index contributed by atoms with van der Waals surface area (Å²) in [5, 5.41) is 4.69. The van der Waals surface area contributed by atoms with Crippen LogP contribution in [-0.4, -0.2) is 6.61 Å². The maximum atomic E-state index is 6.50. The summed E-state index contributed by atoms with van der Waals surface area (Å²) in [6.07, 6.45) is 0. The van der Waals surface area contributed by atoms with E-state index >= 15 is 0 Å². The van der Waals surface area contributed by atoms with Crippen LogP contribution in [0.15, 0.2) is 66.7 Å². The van der Waals surface area contributed by atoms with Crippen molar-refractivity contribution in [2.75, 3.05) is 6.61 Å². The lowest BCUT2D eigenvalue weighted by Crippen LogP contribution is -2.13. The molecule has 0 atom stereocenters. The SMILES string of the molecule is CCOc1cc(CNCc2ccccc2Cl)cc(Cl)c1OCc1ccccc1. The summed E-state index contributed by atoms with van der Waals surface area (Å²) in [7, 11) is 0. The van der Waals surface area contributed by atoms with Crippen LogP contribution in [0.3, 0.4) is 0 Å². The average molecular weight is 416 g/mol. The topological polar surface area (TPSA) is 30.5 Å². The molecule has 146 valence electrons. The Hall–Kier alpha value is -2.20. The fourth-order valence-electron chi connectivity index (χ4n) is 2.84. The second kappa shape index (κ2) is 10.4. The summed E-state index contributed by atoms with van der Waals surface area (Å²) in [5.41, 5.74) is 3.15. The molecule has 0 heterocycles. The number of nitrogens with one attached hydrogen (secondary N) is 1. The van der Waals surface area contributed by atoms with Gasteiger partial charge in [-0.15, -0.1) is 0 Å². The van der Waals surface area contributed by atoms with E-state index in [4.69, 9.17) is 32.7 Å². The van der Waals surface area contributed by atoms with E-state index in [1.165, 1.54) is 0 Å². The molecule has 3 nitrogen and oxygen atoms in total. The zero-order valence-corrected chi connectivity index (χ0v) is 17.3. The number of hydrogen-bond acceptors (Lipinski definition) is 3. The molecule has 28 heavy (non-hydrogen) atoms. The highest BCUT2D eigenvalue weighted by molar-refractivity contribution is 6.32. The van der Waals surface area contributed by atoms with Gasteiger partial charge in [-0.2, -0.15) is 0 Å². The minimum absolute atomic E-state index is 0.435. The van der Waals surface area contributed by atoms with Crippen molar-refractivity contribution >= 4 is 23.2 Å². The Morgan fingerprint density at radius 3 is 2.29 bits per heavy atom. The maximum Gasteiger partial charge on any atom is 0.180 e. The average Bonchev–Trinajstić information content (AvgIpc) is 2.70. The Kier molecular flexibility index (Phi) is 7.61. The van der Waals surface area contributed by atoms with Gasteiger partial charge >= 0.3 is 0 Å². The lowest BCUT2D eigenvalue weighted by atomic mass is 10.1. The fourth-order valence-corrected chi connectivity index (χ4v) is 3.33. The highest BCUT2D eigenvalue weighted by Crippen LogP contribution is 2.37. The smallest absolute Gasteiger partial charge is 0.180 e. The van der Waals surface area contributed by atoms with Crippen LogP contribution in [0.5, 0.6) is 11.5 Å². The van der Waals surface area contributed by atoms with Crippen molar-refractivity contribution < 1.29 is 9.47 Å². The monoisotopic (exact) mass is 415 g/mol. The van der Waals surface area contributed by atoms with Gasteiger partial charge in [0.05, 0.1) is 11.6 Å². The van der Waals surface area contributed by atoms with Crippen molar-refractivity contribution in [2.45, 2.75) is 26.6 Å². The first-order chi connectivity index (χ1) is 13.7. The molecule has 0 spiro atoms. The van der Waals surface area contributed by atoms with Crippen LogP contribution < -0.4 is 14.8 Å². The van der Waals surface area contributed by atoms with Crippen molar-refractivity contribution in [2.24, 2.45) is 0 Å². The van der Waals surface area contributed by atoms with Gasteiger partial charge in [0.1, 0.15) is 6.61 Å². The lowest BCUT2D eigenvalue weighted by Gasteiger charge is -2.16. The molecule has 0 amide bonds. The Labute approximate surface area is 176 Å². The first-order valence-electron chi connectivity index (χ1n) is 9.23. The minimum atomic E-state index is 0.435. The first-order valence-corrected chi connectivity index (χ1v) is 9.99. The molecule has 0 aliphatic carbocycles. The van der Waals surface area contributed by atoms with Crippen LogP contribution in [-0.2, 0) is 19.7 Å². The molecule has 3 aromatic rings. The van der Waals surface area contributed by atoms with E-state index in [2.05, 4.69) is 5.32 Å². The number of rotatable bonds is 9. The van der Waals surface area contributed by atoms with Crippen LogP contribution in [0.4, 0.5) is 0 Å². The Balaban J connectivity index is 1.68. The van der Waals surface area contributed by atoms with Gasteiger partial charge in [-0.3, -0.25) is 0 Å². The third kappa shape index (κ3) is 5.65. The predicted molar refractivity (Wildman–Crippen MR) is 115 cm³/mol. The molecule has 0 saturated carbocycles. The van der Waals surface area contributed by atoms with E-state index in [0.717, 1.165) is 21.7 Å². The summed E-state index contributed by atoms with van der Waals surface area (Å²) < 4.78 is 11.7. The molecule has 3 aromatic carbocycles. The van der Waals surface area contributed by atoms with Crippen LogP contribution >= 0.6 is 23.2 Å². The van der Waals surface area contributed by atoms with Crippen LogP contribution in [0.2, 0.25) is 10.0 Å². The zero-order valence-electron chi connectivity index (χ0n) is 15.8. The van der Waals surface area contributed by atoms with Crippen molar-refractivity contribution in [1.82, 2.24) is 5.32 Å². The largest absolute Gasteiger partial charge is 0.490 e. The predicted octanol–water partition coefficient (Wildman–Crippen LogP) is 6.26. The summed E-state index contributed by atoms with van der Waals surface area (Å²) in [6, 6.07) is 21.7. The number of ether oxygens (including phenoxy) is 2. The normalized spacial score (nSPS) is 10.7. The van der Waals surface area contributed by atoms with Gasteiger partial charge in [0.15, 0.2) is 11.5 Å². The van der Waals surface area contributed by atoms with E-state index in [0.29, 0.717) is 42.8 Å². The molecule has 0 bridgehead atoms. The fraction of sp³-hybridized carbons (Fsp3) is 0.217. The number of benzene rings is 3. The van der Waals surface area contributed by atoms with Crippen molar-refractivity contribution in [1.29, 1.82) is 0 Å². The third-order valence-corrected chi connectivity index (χ3v) is 4.85. The highest BCUT2D eigenvalue weighted by Gasteiger charge is 2.13. The van der Waals surface area contributed by atoms with Crippen molar-refractivity contribution in [3.8, 4) is 11.5 Å². The van der Waals surface area contributed by atoms with E-state index < -0.39 is 0 Å². The van der Waals surface area contributed by atoms with Gasteiger partial charge in [-0.25, -0.2) is 0 Å². The quantitative estimate of drug-likeness (QED) is 0.447. The minimum Gasteiger partial charge on any atom is -0.490 e. The molecular weight excluding hydrogens is 393 g/mol. The van der Waals surface area contributed by atoms with Crippen molar-refractivity contribution in [3.05, 3.63) is 93.5 Å². The molecule has 1 N–H and O–H groups in total. The number of halogens is 2. The van der Waals surface area contributed by atoms with Gasteiger partial charge in [-0.1, -0.05) is 71.7 Å². The van der Waals surface area contributed by atoms with Gasteiger partial charge in [0, 0.05) is 18.1 Å². The zero-order chi connectivity index (χ0) is 19.8. The molecule has 0 radical (unpaired) electrons. The summed E-state index contributed by atoms with van der Waals surface area (Å²) in [5.74, 6) is 1.22. The number of hydrogen-bond donors (Lipinski definition) is 1. The van der Waals surface area contributed by atoms with Crippen LogP contribution in [0.25, 0.3) is 0 Å². The van der Waals surface area contributed by atoms with E-state index in [-0.39, 0.29) is 0 Å². The van der Waals surface area contributed by atoms with Gasteiger partial charge in [0.25, 0.3) is 0 Å².